The van der Waals surface area contributed by atoms with Gasteiger partial charge in [-0.1, -0.05) is 18.2 Å². The van der Waals surface area contributed by atoms with Crippen LogP contribution in [0.25, 0.3) is 10.8 Å². The first-order valence-electron chi connectivity index (χ1n) is 7.33. The summed E-state index contributed by atoms with van der Waals surface area (Å²) in [6.45, 7) is 2.07. The van der Waals surface area contributed by atoms with Crippen molar-refractivity contribution in [2.24, 2.45) is 5.92 Å². The molecule has 0 radical (unpaired) electrons. The number of rotatable bonds is 3. The van der Waals surface area contributed by atoms with Crippen LogP contribution in [0.3, 0.4) is 0 Å². The molecule has 2 amide bonds. The third kappa shape index (κ3) is 2.97. The van der Waals surface area contributed by atoms with E-state index in [0.29, 0.717) is 23.7 Å². The molecule has 0 spiro atoms. The molecule has 0 saturated heterocycles. The zero-order valence-electron chi connectivity index (χ0n) is 12.7. The Morgan fingerprint density at radius 1 is 1.29 bits per heavy atom. The van der Waals surface area contributed by atoms with E-state index < -0.39 is 22.1 Å². The third-order valence-electron chi connectivity index (χ3n) is 3.82. The molecule has 1 atom stereocenters. The maximum Gasteiger partial charge on any atom is 0.290 e. The Bertz CT molecular complexity index is 894. The van der Waals surface area contributed by atoms with E-state index in [1.807, 2.05) is 0 Å². The number of benzene rings is 1. The fraction of sp³-hybridized carbons (Fsp3) is 0.333. The highest BCUT2D eigenvalue weighted by Crippen LogP contribution is 2.53. The van der Waals surface area contributed by atoms with Crippen LogP contribution in [0, 0.1) is 5.92 Å². The van der Waals surface area contributed by atoms with Gasteiger partial charge >= 0.3 is 0 Å². The summed E-state index contributed by atoms with van der Waals surface area (Å²) < 4.78 is 0.123. The van der Waals surface area contributed by atoms with E-state index in [4.69, 9.17) is 23.2 Å². The molecule has 1 aromatic carbocycles. The number of hydrogen-bond donors (Lipinski definition) is 2. The minimum atomic E-state index is -1.07. The normalized spacial score (nSPS) is 18.2. The Hall–Kier alpha value is -2.12. The number of aromatic nitrogens is 2. The molecule has 0 bridgehead atoms. The zero-order chi connectivity index (χ0) is 17.5. The zero-order valence-corrected chi connectivity index (χ0v) is 14.2. The fourth-order valence-electron chi connectivity index (χ4n) is 2.38. The molecular formula is C15H14Cl2N4O3. The lowest BCUT2D eigenvalue weighted by atomic mass is 10.1. The first kappa shape index (κ1) is 16.7. The van der Waals surface area contributed by atoms with Gasteiger partial charge in [0, 0.05) is 11.9 Å². The molecule has 1 aliphatic carbocycles. The predicted molar refractivity (Wildman–Crippen MR) is 89.8 cm³/mol. The van der Waals surface area contributed by atoms with Gasteiger partial charge in [-0.2, -0.15) is 5.10 Å². The van der Waals surface area contributed by atoms with Gasteiger partial charge < -0.3 is 0 Å². The van der Waals surface area contributed by atoms with Crippen molar-refractivity contribution in [3.05, 3.63) is 40.3 Å². The van der Waals surface area contributed by atoms with Gasteiger partial charge in [0.05, 0.1) is 11.3 Å². The molecule has 7 nitrogen and oxygen atoms in total. The first-order chi connectivity index (χ1) is 11.3. The van der Waals surface area contributed by atoms with Gasteiger partial charge in [-0.15, -0.1) is 23.2 Å². The van der Waals surface area contributed by atoms with Crippen LogP contribution in [0.2, 0.25) is 0 Å². The largest absolute Gasteiger partial charge is 0.290 e. The van der Waals surface area contributed by atoms with Gasteiger partial charge in [0.15, 0.2) is 5.69 Å². The van der Waals surface area contributed by atoms with Crippen molar-refractivity contribution >= 4 is 45.8 Å². The summed E-state index contributed by atoms with van der Waals surface area (Å²) >= 11 is 11.6. The van der Waals surface area contributed by atoms with Crippen LogP contribution in [0.15, 0.2) is 29.1 Å². The number of halogens is 2. The minimum Gasteiger partial charge on any atom is -0.273 e. The Labute approximate surface area is 146 Å². The highest BCUT2D eigenvalue weighted by Gasteiger charge is 2.56. The van der Waals surface area contributed by atoms with Crippen molar-refractivity contribution in [3.8, 4) is 0 Å². The molecule has 0 aliphatic heterocycles. The number of fused-ring (bicyclic) bond motifs is 1. The molecule has 1 heterocycles. The quantitative estimate of drug-likeness (QED) is 0.631. The van der Waals surface area contributed by atoms with Crippen LogP contribution in [0.4, 0.5) is 0 Å². The number of amides is 2. The number of hydrazine groups is 1. The monoisotopic (exact) mass is 368 g/mol. The van der Waals surface area contributed by atoms with E-state index in [0.717, 1.165) is 0 Å². The van der Waals surface area contributed by atoms with Crippen molar-refractivity contribution in [1.82, 2.24) is 20.6 Å². The van der Waals surface area contributed by atoms with Crippen molar-refractivity contribution in [2.45, 2.75) is 24.2 Å². The maximum absolute atomic E-state index is 12.4. The third-order valence-corrected chi connectivity index (χ3v) is 4.66. The van der Waals surface area contributed by atoms with Gasteiger partial charge in [0.25, 0.3) is 11.5 Å². The summed E-state index contributed by atoms with van der Waals surface area (Å²) in [5.74, 6) is -1.66. The van der Waals surface area contributed by atoms with Crippen molar-refractivity contribution in [2.75, 3.05) is 0 Å². The van der Waals surface area contributed by atoms with Crippen molar-refractivity contribution in [3.63, 3.8) is 0 Å². The molecule has 1 fully saturated rings. The second-order valence-corrected chi connectivity index (χ2v) is 7.02. The average molecular weight is 369 g/mol. The lowest BCUT2D eigenvalue weighted by molar-refractivity contribution is -0.123. The van der Waals surface area contributed by atoms with E-state index in [9.17, 15) is 14.4 Å². The Morgan fingerprint density at radius 3 is 2.50 bits per heavy atom. The first-order valence-corrected chi connectivity index (χ1v) is 8.08. The van der Waals surface area contributed by atoms with Gasteiger partial charge in [-0.05, 0) is 19.4 Å². The summed E-state index contributed by atoms with van der Waals surface area (Å²) in [7, 11) is 0. The van der Waals surface area contributed by atoms with Crippen LogP contribution in [-0.4, -0.2) is 25.9 Å². The van der Waals surface area contributed by atoms with E-state index in [1.165, 1.54) is 4.68 Å². The summed E-state index contributed by atoms with van der Waals surface area (Å²) in [6.07, 6.45) is 0.333. The number of hydrogen-bond acceptors (Lipinski definition) is 4. The van der Waals surface area contributed by atoms with Gasteiger partial charge in [0.2, 0.25) is 5.91 Å². The topological polar surface area (TPSA) is 93.1 Å². The molecule has 0 unspecified atom stereocenters. The van der Waals surface area contributed by atoms with Crippen LogP contribution < -0.4 is 16.4 Å². The molecule has 9 heteroatoms. The van der Waals surface area contributed by atoms with E-state index in [1.54, 1.807) is 31.2 Å². The molecule has 1 aliphatic rings. The molecular weight excluding hydrogens is 355 g/mol. The van der Waals surface area contributed by atoms with Crippen LogP contribution >= 0.6 is 23.2 Å². The standard InChI is InChI=1S/C15H14Cl2N4O3/c1-2-21-14(24)9-6-4-3-5-8(9)11(20-21)13(23)19-18-12(22)10-7-15(10,16)17/h3-6,10H,2,7H2,1H3,(H,18,22)(H,19,23)/t10-/m0/s1. The number of nitrogens with zero attached hydrogens (tertiary/aromatic N) is 2. The highest BCUT2D eigenvalue weighted by molar-refractivity contribution is 6.52. The molecule has 1 saturated carbocycles. The van der Waals surface area contributed by atoms with Crippen LogP contribution in [0.1, 0.15) is 23.8 Å². The Morgan fingerprint density at radius 2 is 1.92 bits per heavy atom. The lowest BCUT2D eigenvalue weighted by Crippen LogP contribution is -2.44. The van der Waals surface area contributed by atoms with E-state index in [2.05, 4.69) is 16.0 Å². The summed E-state index contributed by atoms with van der Waals surface area (Å²) in [6, 6.07) is 6.67. The summed E-state index contributed by atoms with van der Waals surface area (Å²) in [5.41, 5.74) is 4.34. The smallest absolute Gasteiger partial charge is 0.273 e. The van der Waals surface area contributed by atoms with Crippen molar-refractivity contribution < 1.29 is 9.59 Å². The molecule has 1 aromatic heterocycles. The molecule has 126 valence electrons. The van der Waals surface area contributed by atoms with E-state index in [-0.39, 0.29) is 11.3 Å². The molecule has 2 N–H and O–H groups in total. The van der Waals surface area contributed by atoms with Gasteiger partial charge in [0.1, 0.15) is 4.33 Å². The lowest BCUT2D eigenvalue weighted by Gasteiger charge is -2.11. The predicted octanol–water partition coefficient (Wildman–Crippen LogP) is 1.37. The number of carbonyl (C=O) groups is 2. The number of alkyl halides is 2. The Kier molecular flexibility index (Phi) is 4.23. The van der Waals surface area contributed by atoms with Crippen LogP contribution in [0.5, 0.6) is 0 Å². The van der Waals surface area contributed by atoms with Crippen molar-refractivity contribution in [1.29, 1.82) is 0 Å². The number of aryl methyl sites for hydroxylation is 1. The number of nitrogens with one attached hydrogen (secondary N) is 2. The average Bonchev–Trinajstić information content (AvgIpc) is 3.21. The molecule has 3 rings (SSSR count). The fourth-order valence-corrected chi connectivity index (χ4v) is 2.89. The summed E-state index contributed by atoms with van der Waals surface area (Å²) in [5, 5.41) is 4.87. The van der Waals surface area contributed by atoms with Crippen LogP contribution in [-0.2, 0) is 11.3 Å². The van der Waals surface area contributed by atoms with E-state index >= 15 is 0 Å². The minimum absolute atomic E-state index is 0.0474. The molecule has 2 aromatic rings. The summed E-state index contributed by atoms with van der Waals surface area (Å²) in [4.78, 5) is 36.4. The van der Waals surface area contributed by atoms with Gasteiger partial charge in [-0.3, -0.25) is 25.2 Å². The Balaban J connectivity index is 1.86. The highest BCUT2D eigenvalue weighted by atomic mass is 35.5. The molecule has 24 heavy (non-hydrogen) atoms. The number of carbonyl (C=O) groups excluding carboxylic acids is 2. The second-order valence-electron chi connectivity index (χ2n) is 5.48. The second kappa shape index (κ2) is 6.07. The maximum atomic E-state index is 12.4. The van der Waals surface area contributed by atoms with Gasteiger partial charge in [-0.25, -0.2) is 4.68 Å². The SMILES string of the molecule is CCn1nc(C(=O)NNC(=O)[C@@H]2CC2(Cl)Cl)c2ccccc2c1=O.